The molecular weight excluding hydrogens is 172 g/mol. The molecule has 1 aliphatic heterocycles. The second-order valence-corrected chi connectivity index (χ2v) is 4.79. The number of likely N-dealkylation sites (N-methyl/N-ethyl adjacent to an activating group) is 1. The molecule has 1 unspecified atom stereocenters. The summed E-state index contributed by atoms with van der Waals surface area (Å²) in [7, 11) is 2.19. The first-order valence-electron chi connectivity index (χ1n) is 5.66. The van der Waals surface area contributed by atoms with Crippen LogP contribution in [0.25, 0.3) is 0 Å². The van der Waals surface area contributed by atoms with Gasteiger partial charge in [-0.25, -0.2) is 0 Å². The minimum atomic E-state index is 0.379. The maximum Gasteiger partial charge on any atom is 0.0306 e. The first kappa shape index (κ1) is 11.7. The maximum absolute atomic E-state index is 3.96. The largest absolute Gasteiger partial charge is 0.310 e. The second kappa shape index (κ2) is 4.94. The van der Waals surface area contributed by atoms with E-state index in [1.807, 2.05) is 0 Å². The monoisotopic (exact) mass is 196 g/mol. The average molecular weight is 196 g/mol. The normalized spacial score (nSPS) is 27.1. The molecule has 14 heavy (non-hydrogen) atoms. The van der Waals surface area contributed by atoms with Gasteiger partial charge >= 0.3 is 0 Å². The lowest BCUT2D eigenvalue weighted by atomic mass is 9.93. The quantitative estimate of drug-likeness (QED) is 0.677. The van der Waals surface area contributed by atoms with Crippen LogP contribution < -0.4 is 5.32 Å². The van der Waals surface area contributed by atoms with Gasteiger partial charge in [-0.15, -0.1) is 0 Å². The van der Waals surface area contributed by atoms with Gasteiger partial charge in [-0.2, -0.15) is 0 Å². The van der Waals surface area contributed by atoms with E-state index in [-0.39, 0.29) is 0 Å². The first-order chi connectivity index (χ1) is 6.58. The van der Waals surface area contributed by atoms with Crippen molar-refractivity contribution in [1.82, 2.24) is 10.2 Å². The van der Waals surface area contributed by atoms with E-state index in [0.717, 1.165) is 13.1 Å². The molecule has 0 bridgehead atoms. The van der Waals surface area contributed by atoms with Gasteiger partial charge in [0.25, 0.3) is 0 Å². The van der Waals surface area contributed by atoms with Gasteiger partial charge in [0.15, 0.2) is 0 Å². The Morgan fingerprint density at radius 1 is 1.57 bits per heavy atom. The highest BCUT2D eigenvalue weighted by Gasteiger charge is 2.32. The standard InChI is InChI=1S/C12H24N2/c1-5-12(7-6-8-13-12)10-14(4)9-11(2)3/h13H,2,5-10H2,1,3-4H3. The number of nitrogens with one attached hydrogen (secondary N) is 1. The predicted molar refractivity (Wildman–Crippen MR) is 62.6 cm³/mol. The van der Waals surface area contributed by atoms with Crippen molar-refractivity contribution in [3.8, 4) is 0 Å². The average Bonchev–Trinajstić information content (AvgIpc) is 2.52. The Morgan fingerprint density at radius 2 is 2.29 bits per heavy atom. The Labute approximate surface area is 88.4 Å². The summed E-state index contributed by atoms with van der Waals surface area (Å²) in [6, 6.07) is 0. The minimum Gasteiger partial charge on any atom is -0.310 e. The zero-order chi connectivity index (χ0) is 10.6. The van der Waals surface area contributed by atoms with E-state index >= 15 is 0 Å². The van der Waals surface area contributed by atoms with E-state index < -0.39 is 0 Å². The summed E-state index contributed by atoms with van der Waals surface area (Å²) in [6.45, 7) is 11.7. The van der Waals surface area contributed by atoms with E-state index in [2.05, 4.69) is 37.7 Å². The molecule has 1 rings (SSSR count). The van der Waals surface area contributed by atoms with Gasteiger partial charge in [-0.1, -0.05) is 19.1 Å². The summed E-state index contributed by atoms with van der Waals surface area (Å²) >= 11 is 0. The van der Waals surface area contributed by atoms with Crippen molar-refractivity contribution in [3.63, 3.8) is 0 Å². The summed E-state index contributed by atoms with van der Waals surface area (Å²) in [4.78, 5) is 2.38. The number of hydrogen-bond donors (Lipinski definition) is 1. The zero-order valence-electron chi connectivity index (χ0n) is 9.90. The SMILES string of the molecule is C=C(C)CN(C)CC1(CC)CCCN1. The molecule has 2 nitrogen and oxygen atoms in total. The van der Waals surface area contributed by atoms with Crippen LogP contribution in [0.4, 0.5) is 0 Å². The van der Waals surface area contributed by atoms with Crippen molar-refractivity contribution in [2.24, 2.45) is 0 Å². The molecule has 0 spiro atoms. The van der Waals surface area contributed by atoms with Crippen molar-refractivity contribution in [2.75, 3.05) is 26.7 Å². The summed E-state index contributed by atoms with van der Waals surface area (Å²) in [6.07, 6.45) is 3.88. The van der Waals surface area contributed by atoms with Crippen molar-refractivity contribution >= 4 is 0 Å². The van der Waals surface area contributed by atoms with Gasteiger partial charge in [0.05, 0.1) is 0 Å². The lowest BCUT2D eigenvalue weighted by Crippen LogP contribution is -2.48. The van der Waals surface area contributed by atoms with Gasteiger partial charge < -0.3 is 10.2 Å². The summed E-state index contributed by atoms with van der Waals surface area (Å²) in [5.41, 5.74) is 1.63. The zero-order valence-corrected chi connectivity index (χ0v) is 9.90. The fraction of sp³-hybridized carbons (Fsp3) is 0.833. The fourth-order valence-electron chi connectivity index (χ4n) is 2.45. The summed E-state index contributed by atoms with van der Waals surface area (Å²) < 4.78 is 0. The molecule has 0 radical (unpaired) electrons. The van der Waals surface area contributed by atoms with Crippen molar-refractivity contribution in [1.29, 1.82) is 0 Å². The molecule has 1 aliphatic rings. The van der Waals surface area contributed by atoms with Crippen LogP contribution in [0, 0.1) is 0 Å². The molecule has 1 N–H and O–H groups in total. The first-order valence-corrected chi connectivity index (χ1v) is 5.66. The van der Waals surface area contributed by atoms with Crippen LogP contribution in [0.5, 0.6) is 0 Å². The molecule has 0 aromatic carbocycles. The molecule has 1 fully saturated rings. The molecule has 0 saturated carbocycles. The van der Waals surface area contributed by atoms with E-state index in [1.54, 1.807) is 0 Å². The third kappa shape index (κ3) is 3.10. The minimum absolute atomic E-state index is 0.379. The Kier molecular flexibility index (Phi) is 4.14. The molecule has 82 valence electrons. The van der Waals surface area contributed by atoms with Crippen LogP contribution in [0.2, 0.25) is 0 Å². The van der Waals surface area contributed by atoms with Crippen LogP contribution in [-0.4, -0.2) is 37.1 Å². The second-order valence-electron chi connectivity index (χ2n) is 4.79. The third-order valence-electron chi connectivity index (χ3n) is 3.12. The molecule has 2 heteroatoms. The molecule has 0 amide bonds. The van der Waals surface area contributed by atoms with Crippen LogP contribution in [0.1, 0.15) is 33.1 Å². The summed E-state index contributed by atoms with van der Waals surface area (Å²) in [5, 5.41) is 3.65. The summed E-state index contributed by atoms with van der Waals surface area (Å²) in [5.74, 6) is 0. The van der Waals surface area contributed by atoms with Gasteiger partial charge in [-0.3, -0.25) is 0 Å². The van der Waals surface area contributed by atoms with Crippen molar-refractivity contribution in [3.05, 3.63) is 12.2 Å². The number of nitrogens with zero attached hydrogens (tertiary/aromatic N) is 1. The molecule has 1 heterocycles. The molecule has 1 atom stereocenters. The highest BCUT2D eigenvalue weighted by molar-refractivity contribution is 4.97. The lowest BCUT2D eigenvalue weighted by Gasteiger charge is -2.33. The van der Waals surface area contributed by atoms with E-state index in [9.17, 15) is 0 Å². The Balaban J connectivity index is 2.43. The number of rotatable bonds is 5. The van der Waals surface area contributed by atoms with Gasteiger partial charge in [0.2, 0.25) is 0 Å². The maximum atomic E-state index is 3.96. The van der Waals surface area contributed by atoms with Crippen molar-refractivity contribution < 1.29 is 0 Å². The molecular formula is C12H24N2. The Hall–Kier alpha value is -0.340. The van der Waals surface area contributed by atoms with E-state index in [4.69, 9.17) is 0 Å². The predicted octanol–water partition coefficient (Wildman–Crippen LogP) is 2.03. The highest BCUT2D eigenvalue weighted by Crippen LogP contribution is 2.23. The Morgan fingerprint density at radius 3 is 2.71 bits per heavy atom. The lowest BCUT2D eigenvalue weighted by molar-refractivity contribution is 0.231. The molecule has 1 saturated heterocycles. The van der Waals surface area contributed by atoms with Crippen LogP contribution in [-0.2, 0) is 0 Å². The Bertz CT molecular complexity index is 192. The van der Waals surface area contributed by atoms with Gasteiger partial charge in [-0.05, 0) is 39.8 Å². The van der Waals surface area contributed by atoms with Crippen LogP contribution in [0.3, 0.4) is 0 Å². The number of hydrogen-bond acceptors (Lipinski definition) is 2. The third-order valence-corrected chi connectivity index (χ3v) is 3.12. The molecule has 0 aliphatic carbocycles. The van der Waals surface area contributed by atoms with Gasteiger partial charge in [0.1, 0.15) is 0 Å². The van der Waals surface area contributed by atoms with Crippen LogP contribution in [0.15, 0.2) is 12.2 Å². The topological polar surface area (TPSA) is 15.3 Å². The van der Waals surface area contributed by atoms with E-state index in [0.29, 0.717) is 5.54 Å². The van der Waals surface area contributed by atoms with Gasteiger partial charge in [0, 0.05) is 18.6 Å². The molecule has 0 aromatic rings. The van der Waals surface area contributed by atoms with E-state index in [1.165, 1.54) is 31.4 Å². The highest BCUT2D eigenvalue weighted by atomic mass is 15.2. The van der Waals surface area contributed by atoms with Crippen LogP contribution >= 0.6 is 0 Å². The smallest absolute Gasteiger partial charge is 0.0306 e. The van der Waals surface area contributed by atoms with Crippen molar-refractivity contribution in [2.45, 2.75) is 38.6 Å². The fourth-order valence-corrected chi connectivity index (χ4v) is 2.45. The molecule has 0 aromatic heterocycles.